The van der Waals surface area contributed by atoms with Crippen molar-refractivity contribution in [3.05, 3.63) is 30.3 Å². The van der Waals surface area contributed by atoms with E-state index in [-0.39, 0.29) is 42.6 Å². The zero-order chi connectivity index (χ0) is 14.1. The third kappa shape index (κ3) is 8.04. The summed E-state index contributed by atoms with van der Waals surface area (Å²) in [6.45, 7) is 2.46. The summed E-state index contributed by atoms with van der Waals surface area (Å²) < 4.78 is 0. The monoisotopic (exact) mass is 317 g/mol. The molecule has 0 aliphatic heterocycles. The van der Waals surface area contributed by atoms with Crippen LogP contribution in [-0.2, 0) is 9.59 Å². The van der Waals surface area contributed by atoms with E-state index in [0.29, 0.717) is 6.54 Å². The second-order valence-corrected chi connectivity index (χ2v) is 5.54. The Balaban J connectivity index is 0.00000361. The third-order valence-corrected chi connectivity index (χ3v) is 3.41. The number of carbonyl (C=O) groups is 2. The molecule has 20 heavy (non-hydrogen) atoms. The average molecular weight is 318 g/mol. The van der Waals surface area contributed by atoms with Crippen LogP contribution in [0.15, 0.2) is 35.2 Å². The molecule has 0 radical (unpaired) electrons. The van der Waals surface area contributed by atoms with Crippen molar-refractivity contribution in [1.82, 2.24) is 10.6 Å². The van der Waals surface area contributed by atoms with Gasteiger partial charge in [-0.25, -0.2) is 0 Å². The molecule has 112 valence electrons. The van der Waals surface area contributed by atoms with Crippen molar-refractivity contribution in [2.45, 2.75) is 17.1 Å². The SMILES string of the molecule is CC(CNC(=O)CNC(=O)CN)Sc1ccccc1.Cl. The lowest BCUT2D eigenvalue weighted by molar-refractivity contribution is -0.125. The molecule has 1 aromatic rings. The molecule has 5 nitrogen and oxygen atoms in total. The molecule has 4 N–H and O–H groups in total. The van der Waals surface area contributed by atoms with E-state index in [1.165, 1.54) is 4.90 Å². The molecule has 0 saturated heterocycles. The first kappa shape index (κ1) is 18.8. The number of carbonyl (C=O) groups excluding carboxylic acids is 2. The van der Waals surface area contributed by atoms with E-state index in [0.717, 1.165) is 0 Å². The van der Waals surface area contributed by atoms with Crippen LogP contribution in [0.5, 0.6) is 0 Å². The molecule has 0 heterocycles. The van der Waals surface area contributed by atoms with E-state index >= 15 is 0 Å². The topological polar surface area (TPSA) is 84.2 Å². The summed E-state index contributed by atoms with van der Waals surface area (Å²) in [6.07, 6.45) is 0. The van der Waals surface area contributed by atoms with Crippen LogP contribution in [-0.4, -0.2) is 36.7 Å². The summed E-state index contributed by atoms with van der Waals surface area (Å²) >= 11 is 1.69. The van der Waals surface area contributed by atoms with Crippen LogP contribution >= 0.6 is 24.2 Å². The quantitative estimate of drug-likeness (QED) is 0.649. The molecule has 0 aliphatic carbocycles. The predicted molar refractivity (Wildman–Crippen MR) is 84.1 cm³/mol. The molecule has 0 saturated carbocycles. The van der Waals surface area contributed by atoms with Gasteiger partial charge in [-0.1, -0.05) is 25.1 Å². The predicted octanol–water partition coefficient (Wildman–Crippen LogP) is 0.780. The van der Waals surface area contributed by atoms with Crippen LogP contribution in [0.2, 0.25) is 0 Å². The molecule has 0 fully saturated rings. The summed E-state index contributed by atoms with van der Waals surface area (Å²) in [4.78, 5) is 23.5. The van der Waals surface area contributed by atoms with Gasteiger partial charge in [0.05, 0.1) is 13.1 Å². The fourth-order valence-corrected chi connectivity index (χ4v) is 2.29. The van der Waals surface area contributed by atoms with Gasteiger partial charge >= 0.3 is 0 Å². The number of nitrogens with one attached hydrogen (secondary N) is 2. The Morgan fingerprint density at radius 3 is 2.45 bits per heavy atom. The third-order valence-electron chi connectivity index (χ3n) is 2.30. The van der Waals surface area contributed by atoms with Gasteiger partial charge in [0.25, 0.3) is 0 Å². The minimum absolute atomic E-state index is 0. The minimum Gasteiger partial charge on any atom is -0.353 e. The number of thioether (sulfide) groups is 1. The number of benzene rings is 1. The fraction of sp³-hybridized carbons (Fsp3) is 0.385. The highest BCUT2D eigenvalue weighted by Gasteiger charge is 2.07. The average Bonchev–Trinajstić information content (AvgIpc) is 2.43. The molecule has 1 atom stereocenters. The maximum Gasteiger partial charge on any atom is 0.239 e. The van der Waals surface area contributed by atoms with Gasteiger partial charge in [-0.15, -0.1) is 24.2 Å². The molecule has 0 bridgehead atoms. The summed E-state index contributed by atoms with van der Waals surface area (Å²) in [5, 5.41) is 5.45. The highest BCUT2D eigenvalue weighted by molar-refractivity contribution is 8.00. The van der Waals surface area contributed by atoms with Gasteiger partial charge in [-0.05, 0) is 12.1 Å². The Morgan fingerprint density at radius 1 is 1.20 bits per heavy atom. The highest BCUT2D eigenvalue weighted by atomic mass is 35.5. The molecule has 1 aromatic carbocycles. The first-order valence-corrected chi connectivity index (χ1v) is 6.95. The maximum absolute atomic E-state index is 11.4. The first-order valence-electron chi connectivity index (χ1n) is 6.07. The Hall–Kier alpha value is -1.24. The molecule has 0 aromatic heterocycles. The molecular weight excluding hydrogens is 298 g/mol. The number of rotatable bonds is 7. The molecule has 0 spiro atoms. The standard InChI is InChI=1S/C13H19N3O2S.ClH/c1-10(19-11-5-3-2-4-6-11)8-15-13(18)9-16-12(17)7-14;/h2-6,10H,7-9,14H2,1H3,(H,15,18)(H,16,17);1H. The zero-order valence-electron chi connectivity index (χ0n) is 11.3. The normalized spacial score (nSPS) is 11.1. The first-order chi connectivity index (χ1) is 9.11. The lowest BCUT2D eigenvalue weighted by atomic mass is 10.4. The number of amides is 2. The summed E-state index contributed by atoms with van der Waals surface area (Å²) in [5.41, 5.74) is 5.12. The lowest BCUT2D eigenvalue weighted by Gasteiger charge is -2.12. The van der Waals surface area contributed by atoms with Crippen molar-refractivity contribution in [3.8, 4) is 0 Å². The largest absolute Gasteiger partial charge is 0.353 e. The number of nitrogens with two attached hydrogens (primary N) is 1. The van der Waals surface area contributed by atoms with Crippen molar-refractivity contribution in [2.24, 2.45) is 5.73 Å². The van der Waals surface area contributed by atoms with Gasteiger partial charge < -0.3 is 16.4 Å². The minimum atomic E-state index is -0.332. The van der Waals surface area contributed by atoms with Crippen LogP contribution in [0.4, 0.5) is 0 Å². The Morgan fingerprint density at radius 2 is 1.85 bits per heavy atom. The van der Waals surface area contributed by atoms with Gasteiger partial charge in [-0.3, -0.25) is 9.59 Å². The van der Waals surface area contributed by atoms with Gasteiger partial charge in [0.2, 0.25) is 11.8 Å². The molecule has 1 unspecified atom stereocenters. The Kier molecular flexibility index (Phi) is 9.88. The molecule has 2 amide bonds. The molecule has 7 heteroatoms. The van der Waals surface area contributed by atoms with Crippen molar-refractivity contribution in [3.63, 3.8) is 0 Å². The van der Waals surface area contributed by atoms with Gasteiger partial charge in [0.1, 0.15) is 0 Å². The van der Waals surface area contributed by atoms with E-state index in [9.17, 15) is 9.59 Å². The van der Waals surface area contributed by atoms with E-state index in [2.05, 4.69) is 10.6 Å². The molecule has 0 aliphatic rings. The van der Waals surface area contributed by atoms with Gasteiger partial charge in [-0.2, -0.15) is 0 Å². The highest BCUT2D eigenvalue weighted by Crippen LogP contribution is 2.21. The van der Waals surface area contributed by atoms with Crippen molar-refractivity contribution < 1.29 is 9.59 Å². The van der Waals surface area contributed by atoms with Crippen molar-refractivity contribution in [1.29, 1.82) is 0 Å². The second kappa shape index (κ2) is 10.5. The summed E-state index contributed by atoms with van der Waals surface area (Å²) in [6, 6.07) is 10.00. The van der Waals surface area contributed by atoms with E-state index in [4.69, 9.17) is 5.73 Å². The Bertz CT molecular complexity index is 417. The van der Waals surface area contributed by atoms with E-state index in [1.807, 2.05) is 37.3 Å². The molecular formula is C13H20ClN3O2S. The van der Waals surface area contributed by atoms with Crippen molar-refractivity contribution >= 4 is 36.0 Å². The second-order valence-electron chi connectivity index (χ2n) is 4.03. The van der Waals surface area contributed by atoms with Gasteiger partial charge in [0.15, 0.2) is 0 Å². The molecule has 1 rings (SSSR count). The van der Waals surface area contributed by atoms with Crippen LogP contribution in [0.1, 0.15) is 6.92 Å². The van der Waals surface area contributed by atoms with Crippen LogP contribution in [0.25, 0.3) is 0 Å². The van der Waals surface area contributed by atoms with Crippen molar-refractivity contribution in [2.75, 3.05) is 19.6 Å². The van der Waals surface area contributed by atoms with Crippen LogP contribution < -0.4 is 16.4 Å². The van der Waals surface area contributed by atoms with Gasteiger partial charge in [0, 0.05) is 16.7 Å². The summed E-state index contributed by atoms with van der Waals surface area (Å²) in [5.74, 6) is -0.538. The smallest absolute Gasteiger partial charge is 0.239 e. The number of halogens is 1. The van der Waals surface area contributed by atoms with Crippen LogP contribution in [0, 0.1) is 0 Å². The maximum atomic E-state index is 11.4. The van der Waals surface area contributed by atoms with E-state index < -0.39 is 0 Å². The Labute approximate surface area is 129 Å². The number of hydrogen-bond donors (Lipinski definition) is 3. The summed E-state index contributed by atoms with van der Waals surface area (Å²) in [7, 11) is 0. The van der Waals surface area contributed by atoms with E-state index in [1.54, 1.807) is 11.8 Å². The van der Waals surface area contributed by atoms with Crippen LogP contribution in [0.3, 0.4) is 0 Å². The zero-order valence-corrected chi connectivity index (χ0v) is 12.9. The lowest BCUT2D eigenvalue weighted by Crippen LogP contribution is -2.40. The number of hydrogen-bond acceptors (Lipinski definition) is 4. The fourth-order valence-electron chi connectivity index (χ4n) is 1.34.